The van der Waals surface area contributed by atoms with E-state index in [-0.39, 0.29) is 5.84 Å². The maximum absolute atomic E-state index is 10.0. The fourth-order valence-electron chi connectivity index (χ4n) is 2.04. The standard InChI is InChI=1S/C11H17N5O/c1-11(17)4-2-6-16(7-11)10-14-5-3-8(15-10)9(12)13/h3,5,17H,2,4,6-7H2,1H3,(H3,12,13). The van der Waals surface area contributed by atoms with Gasteiger partial charge in [-0.25, -0.2) is 9.97 Å². The largest absolute Gasteiger partial charge is 0.388 e. The Hall–Kier alpha value is -1.69. The van der Waals surface area contributed by atoms with Gasteiger partial charge in [0.05, 0.1) is 5.60 Å². The summed E-state index contributed by atoms with van der Waals surface area (Å²) in [6.07, 6.45) is 3.28. The molecule has 1 aliphatic heterocycles. The van der Waals surface area contributed by atoms with Crippen LogP contribution in [0.4, 0.5) is 5.95 Å². The van der Waals surface area contributed by atoms with E-state index in [1.807, 2.05) is 11.8 Å². The van der Waals surface area contributed by atoms with Crippen LogP contribution < -0.4 is 10.6 Å². The molecule has 0 bridgehead atoms. The molecule has 1 atom stereocenters. The molecule has 1 aromatic heterocycles. The summed E-state index contributed by atoms with van der Waals surface area (Å²) in [5, 5.41) is 17.4. The van der Waals surface area contributed by atoms with Gasteiger partial charge in [0, 0.05) is 19.3 Å². The highest BCUT2D eigenvalue weighted by Crippen LogP contribution is 2.23. The number of hydrogen-bond donors (Lipinski definition) is 3. The number of β-amino-alcohol motifs (C(OH)–C–C–N with tert-alkyl or cyclic N) is 1. The fourth-order valence-corrected chi connectivity index (χ4v) is 2.04. The SMILES string of the molecule is CC1(O)CCCN(c2nccc(C(=N)N)n2)C1. The minimum atomic E-state index is -0.701. The lowest BCUT2D eigenvalue weighted by atomic mass is 9.95. The molecule has 2 rings (SSSR count). The van der Waals surface area contributed by atoms with Crippen molar-refractivity contribution in [3.8, 4) is 0 Å². The number of anilines is 1. The highest BCUT2D eigenvalue weighted by atomic mass is 16.3. The number of aliphatic hydroxyl groups is 1. The van der Waals surface area contributed by atoms with E-state index in [0.29, 0.717) is 18.2 Å². The van der Waals surface area contributed by atoms with Crippen molar-refractivity contribution in [3.63, 3.8) is 0 Å². The van der Waals surface area contributed by atoms with Gasteiger partial charge in [0.15, 0.2) is 0 Å². The van der Waals surface area contributed by atoms with Crippen LogP contribution in [0.2, 0.25) is 0 Å². The molecule has 6 nitrogen and oxygen atoms in total. The van der Waals surface area contributed by atoms with Gasteiger partial charge in [-0.2, -0.15) is 0 Å². The van der Waals surface area contributed by atoms with Gasteiger partial charge in [0.25, 0.3) is 0 Å². The number of nitrogens with zero attached hydrogens (tertiary/aromatic N) is 3. The third-order valence-electron chi connectivity index (χ3n) is 2.88. The molecule has 17 heavy (non-hydrogen) atoms. The van der Waals surface area contributed by atoms with Crippen LogP contribution in [0.25, 0.3) is 0 Å². The zero-order valence-corrected chi connectivity index (χ0v) is 9.85. The number of nitrogens with two attached hydrogens (primary N) is 1. The lowest BCUT2D eigenvalue weighted by Gasteiger charge is -2.36. The van der Waals surface area contributed by atoms with E-state index in [0.717, 1.165) is 19.4 Å². The summed E-state index contributed by atoms with van der Waals surface area (Å²) in [6, 6.07) is 1.61. The van der Waals surface area contributed by atoms with Crippen LogP contribution in [0.5, 0.6) is 0 Å². The van der Waals surface area contributed by atoms with Crippen LogP contribution in [0.1, 0.15) is 25.5 Å². The van der Waals surface area contributed by atoms with Crippen LogP contribution in [-0.4, -0.2) is 39.6 Å². The summed E-state index contributed by atoms with van der Waals surface area (Å²) >= 11 is 0. The Labute approximate surface area is 100.0 Å². The monoisotopic (exact) mass is 235 g/mol. The van der Waals surface area contributed by atoms with E-state index >= 15 is 0 Å². The first kappa shape index (κ1) is 11.8. The first-order valence-electron chi connectivity index (χ1n) is 5.63. The first-order valence-corrected chi connectivity index (χ1v) is 5.63. The molecule has 1 aromatic rings. The Morgan fingerprint density at radius 3 is 3.06 bits per heavy atom. The number of nitrogen functional groups attached to an aromatic ring is 1. The summed E-state index contributed by atoms with van der Waals surface area (Å²) in [5.41, 5.74) is 5.11. The van der Waals surface area contributed by atoms with E-state index in [9.17, 15) is 5.11 Å². The normalized spacial score (nSPS) is 24.7. The van der Waals surface area contributed by atoms with E-state index in [1.54, 1.807) is 12.3 Å². The third-order valence-corrected chi connectivity index (χ3v) is 2.88. The van der Waals surface area contributed by atoms with Crippen molar-refractivity contribution in [3.05, 3.63) is 18.0 Å². The minimum Gasteiger partial charge on any atom is -0.388 e. The average molecular weight is 235 g/mol. The van der Waals surface area contributed by atoms with Crippen LogP contribution in [-0.2, 0) is 0 Å². The molecular weight excluding hydrogens is 218 g/mol. The Morgan fingerprint density at radius 2 is 2.41 bits per heavy atom. The highest BCUT2D eigenvalue weighted by Gasteiger charge is 2.29. The van der Waals surface area contributed by atoms with Crippen molar-refractivity contribution < 1.29 is 5.11 Å². The van der Waals surface area contributed by atoms with Gasteiger partial charge >= 0.3 is 0 Å². The van der Waals surface area contributed by atoms with E-state index in [2.05, 4.69) is 9.97 Å². The van der Waals surface area contributed by atoms with Gasteiger partial charge in [-0.05, 0) is 25.8 Å². The van der Waals surface area contributed by atoms with Crippen LogP contribution in [0.15, 0.2) is 12.3 Å². The van der Waals surface area contributed by atoms with E-state index in [1.165, 1.54) is 0 Å². The second-order valence-corrected chi connectivity index (χ2v) is 4.68. The molecule has 0 spiro atoms. The van der Waals surface area contributed by atoms with Crippen molar-refractivity contribution in [2.45, 2.75) is 25.4 Å². The molecule has 0 aliphatic carbocycles. The minimum absolute atomic E-state index is 0.0718. The Bertz CT molecular complexity index is 432. The fraction of sp³-hybridized carbons (Fsp3) is 0.545. The predicted octanol–water partition coefficient (Wildman–Crippen LogP) is 0.112. The van der Waals surface area contributed by atoms with Gasteiger partial charge < -0.3 is 15.7 Å². The topological polar surface area (TPSA) is 99.1 Å². The van der Waals surface area contributed by atoms with Crippen LogP contribution in [0, 0.1) is 5.41 Å². The lowest BCUT2D eigenvalue weighted by molar-refractivity contribution is 0.0444. The molecule has 0 radical (unpaired) electrons. The highest BCUT2D eigenvalue weighted by molar-refractivity contribution is 5.93. The number of hydrogen-bond acceptors (Lipinski definition) is 5. The first-order chi connectivity index (χ1) is 7.98. The maximum Gasteiger partial charge on any atom is 0.226 e. The van der Waals surface area contributed by atoms with Crippen LogP contribution >= 0.6 is 0 Å². The molecule has 0 aromatic carbocycles. The Morgan fingerprint density at radius 1 is 1.65 bits per heavy atom. The number of piperidine rings is 1. The summed E-state index contributed by atoms with van der Waals surface area (Å²) in [6.45, 7) is 3.14. The molecule has 6 heteroatoms. The van der Waals surface area contributed by atoms with E-state index in [4.69, 9.17) is 11.1 Å². The summed E-state index contributed by atoms with van der Waals surface area (Å²) in [4.78, 5) is 10.3. The van der Waals surface area contributed by atoms with Gasteiger partial charge in [-0.3, -0.25) is 5.41 Å². The Kier molecular flexibility index (Phi) is 2.97. The zero-order valence-electron chi connectivity index (χ0n) is 9.85. The van der Waals surface area contributed by atoms with Crippen molar-refractivity contribution in [1.82, 2.24) is 9.97 Å². The number of amidine groups is 1. The molecule has 2 heterocycles. The number of rotatable bonds is 2. The summed E-state index contributed by atoms with van der Waals surface area (Å²) in [7, 11) is 0. The van der Waals surface area contributed by atoms with Gasteiger partial charge in [-0.15, -0.1) is 0 Å². The van der Waals surface area contributed by atoms with Crippen molar-refractivity contribution >= 4 is 11.8 Å². The number of aromatic nitrogens is 2. The quantitative estimate of drug-likeness (QED) is 0.499. The van der Waals surface area contributed by atoms with E-state index < -0.39 is 5.60 Å². The smallest absolute Gasteiger partial charge is 0.226 e. The molecular formula is C11H17N5O. The van der Waals surface area contributed by atoms with Gasteiger partial charge in [0.2, 0.25) is 5.95 Å². The summed E-state index contributed by atoms with van der Waals surface area (Å²) in [5.74, 6) is 0.454. The molecule has 1 unspecified atom stereocenters. The maximum atomic E-state index is 10.0. The Balaban J connectivity index is 2.22. The molecule has 1 fully saturated rings. The molecule has 92 valence electrons. The van der Waals surface area contributed by atoms with Crippen molar-refractivity contribution in [2.24, 2.45) is 5.73 Å². The molecule has 1 saturated heterocycles. The van der Waals surface area contributed by atoms with Gasteiger partial charge in [0.1, 0.15) is 11.5 Å². The van der Waals surface area contributed by atoms with Crippen molar-refractivity contribution in [1.29, 1.82) is 5.41 Å². The molecule has 0 amide bonds. The number of nitrogens with one attached hydrogen (secondary N) is 1. The van der Waals surface area contributed by atoms with Crippen molar-refractivity contribution in [2.75, 3.05) is 18.0 Å². The summed E-state index contributed by atoms with van der Waals surface area (Å²) < 4.78 is 0. The average Bonchev–Trinajstić information content (AvgIpc) is 2.28. The lowest BCUT2D eigenvalue weighted by Crippen LogP contribution is -2.46. The predicted molar refractivity (Wildman–Crippen MR) is 65.1 cm³/mol. The third kappa shape index (κ3) is 2.71. The second-order valence-electron chi connectivity index (χ2n) is 4.68. The molecule has 1 aliphatic rings. The van der Waals surface area contributed by atoms with Gasteiger partial charge in [-0.1, -0.05) is 0 Å². The second kappa shape index (κ2) is 4.29. The van der Waals surface area contributed by atoms with Crippen LogP contribution in [0.3, 0.4) is 0 Å². The molecule has 0 saturated carbocycles. The molecule has 4 N–H and O–H groups in total. The zero-order chi connectivity index (χ0) is 12.5.